The lowest BCUT2D eigenvalue weighted by atomic mass is 10.1. The number of carbonyl (C=O) groups excluding carboxylic acids is 1. The molecule has 0 radical (unpaired) electrons. The summed E-state index contributed by atoms with van der Waals surface area (Å²) < 4.78 is 10.4. The van der Waals surface area contributed by atoms with Crippen LogP contribution in [0.4, 0.5) is 0 Å². The Bertz CT molecular complexity index is 726. The Balaban J connectivity index is 1.81. The number of carboxylic acids is 1. The van der Waals surface area contributed by atoms with Crippen molar-refractivity contribution in [3.8, 4) is 11.5 Å². The number of ether oxygens (including phenoxy) is 1. The third-order valence-electron chi connectivity index (χ3n) is 3.72. The van der Waals surface area contributed by atoms with Crippen LogP contribution in [0.1, 0.15) is 16.1 Å². The van der Waals surface area contributed by atoms with Gasteiger partial charge in [-0.2, -0.15) is 0 Å². The minimum absolute atomic E-state index is 0.0353. The monoisotopic (exact) mass is 316 g/mol. The maximum Gasteiger partial charge on any atom is 0.334 e. The molecule has 1 aliphatic heterocycles. The van der Waals surface area contributed by atoms with Crippen molar-refractivity contribution in [1.82, 2.24) is 9.88 Å². The van der Waals surface area contributed by atoms with Crippen molar-refractivity contribution in [2.24, 2.45) is 0 Å². The van der Waals surface area contributed by atoms with Gasteiger partial charge in [-0.25, -0.2) is 9.78 Å². The molecular formula is C16H16N2O5. The molecule has 1 atom stereocenters. The van der Waals surface area contributed by atoms with E-state index < -0.39 is 12.1 Å². The second-order valence-corrected chi connectivity index (χ2v) is 5.26. The van der Waals surface area contributed by atoms with E-state index in [0.717, 1.165) is 0 Å². The van der Waals surface area contributed by atoms with E-state index in [-0.39, 0.29) is 19.1 Å². The highest BCUT2D eigenvalue weighted by Crippen LogP contribution is 2.20. The summed E-state index contributed by atoms with van der Waals surface area (Å²) in [5, 5.41) is 9.02. The molecule has 2 aromatic heterocycles. The van der Waals surface area contributed by atoms with Crippen molar-refractivity contribution in [2.75, 3.05) is 19.7 Å². The zero-order chi connectivity index (χ0) is 16.4. The van der Waals surface area contributed by atoms with Gasteiger partial charge < -0.3 is 19.2 Å². The number of aromatic nitrogens is 1. The summed E-state index contributed by atoms with van der Waals surface area (Å²) >= 11 is 0. The lowest BCUT2D eigenvalue weighted by Crippen LogP contribution is -2.48. The van der Waals surface area contributed by atoms with Gasteiger partial charge in [0.15, 0.2) is 11.9 Å². The van der Waals surface area contributed by atoms with Gasteiger partial charge in [-0.3, -0.25) is 4.79 Å². The summed E-state index contributed by atoms with van der Waals surface area (Å²) in [7, 11) is 0. The van der Waals surface area contributed by atoms with E-state index in [1.54, 1.807) is 37.5 Å². The van der Waals surface area contributed by atoms with Gasteiger partial charge in [-0.15, -0.1) is 0 Å². The van der Waals surface area contributed by atoms with Gasteiger partial charge in [0.1, 0.15) is 5.69 Å². The molecule has 1 N–H and O–H groups in total. The Hall–Kier alpha value is -2.67. The fraction of sp³-hybridized carbons (Fsp3) is 0.312. The predicted molar refractivity (Wildman–Crippen MR) is 80.0 cm³/mol. The van der Waals surface area contributed by atoms with Crippen molar-refractivity contribution in [3.05, 3.63) is 41.8 Å². The van der Waals surface area contributed by atoms with Gasteiger partial charge in [-0.05, 0) is 31.2 Å². The predicted octanol–water partition coefficient (Wildman–Crippen LogP) is 1.58. The first-order valence-electron chi connectivity index (χ1n) is 7.21. The molecule has 7 heteroatoms. The normalized spacial score (nSPS) is 18.0. The molecule has 0 spiro atoms. The lowest BCUT2D eigenvalue weighted by Gasteiger charge is -2.31. The van der Waals surface area contributed by atoms with E-state index >= 15 is 0 Å². The maximum atomic E-state index is 12.6. The Morgan fingerprint density at radius 1 is 1.35 bits per heavy atom. The molecular weight excluding hydrogens is 300 g/mol. The first-order chi connectivity index (χ1) is 11.1. The number of hydrogen-bond acceptors (Lipinski definition) is 5. The molecule has 0 aromatic carbocycles. The fourth-order valence-corrected chi connectivity index (χ4v) is 2.50. The van der Waals surface area contributed by atoms with Crippen LogP contribution in [0.2, 0.25) is 0 Å². The first-order valence-corrected chi connectivity index (χ1v) is 7.21. The Kier molecular flexibility index (Phi) is 4.12. The van der Waals surface area contributed by atoms with Crippen LogP contribution in [-0.4, -0.2) is 52.7 Å². The van der Waals surface area contributed by atoms with E-state index in [1.807, 2.05) is 0 Å². The summed E-state index contributed by atoms with van der Waals surface area (Å²) in [5.74, 6) is -0.675. The van der Waals surface area contributed by atoms with Gasteiger partial charge in [0.2, 0.25) is 0 Å². The number of morpholine rings is 1. The minimum Gasteiger partial charge on any atom is -0.479 e. The van der Waals surface area contributed by atoms with Gasteiger partial charge in [0.25, 0.3) is 5.91 Å². The Morgan fingerprint density at radius 3 is 2.83 bits per heavy atom. The molecule has 120 valence electrons. The lowest BCUT2D eigenvalue weighted by molar-refractivity contribution is -0.154. The number of furan rings is 1. The number of rotatable bonds is 3. The molecule has 3 rings (SSSR count). The molecule has 2 aromatic rings. The van der Waals surface area contributed by atoms with Gasteiger partial charge in [0, 0.05) is 6.54 Å². The van der Waals surface area contributed by atoms with Crippen molar-refractivity contribution < 1.29 is 23.8 Å². The molecule has 1 amide bonds. The van der Waals surface area contributed by atoms with E-state index in [4.69, 9.17) is 14.3 Å². The van der Waals surface area contributed by atoms with Crippen LogP contribution >= 0.6 is 0 Å². The number of nitrogens with zero attached hydrogens (tertiary/aromatic N) is 2. The molecule has 1 fully saturated rings. The molecule has 0 aliphatic carbocycles. The van der Waals surface area contributed by atoms with Gasteiger partial charge in [-0.1, -0.05) is 0 Å². The van der Waals surface area contributed by atoms with Crippen LogP contribution in [0.15, 0.2) is 34.9 Å². The van der Waals surface area contributed by atoms with Crippen LogP contribution < -0.4 is 0 Å². The SMILES string of the molecule is Cc1nc(-c2ccco2)ccc1C(=O)N1CCOC(C(=O)O)C1. The highest BCUT2D eigenvalue weighted by Gasteiger charge is 2.30. The molecule has 0 saturated carbocycles. The first kappa shape index (κ1) is 15.2. The molecule has 23 heavy (non-hydrogen) atoms. The summed E-state index contributed by atoms with van der Waals surface area (Å²) in [6.07, 6.45) is 0.578. The van der Waals surface area contributed by atoms with Crippen LogP contribution in [-0.2, 0) is 9.53 Å². The molecule has 7 nitrogen and oxygen atoms in total. The summed E-state index contributed by atoms with van der Waals surface area (Å²) in [6, 6.07) is 6.97. The van der Waals surface area contributed by atoms with Crippen LogP contribution in [0, 0.1) is 6.92 Å². The van der Waals surface area contributed by atoms with Crippen molar-refractivity contribution in [2.45, 2.75) is 13.0 Å². The molecule has 1 saturated heterocycles. The van der Waals surface area contributed by atoms with Gasteiger partial charge >= 0.3 is 5.97 Å². The standard InChI is InChI=1S/C16H16N2O5/c1-10-11(4-5-12(17-10)13-3-2-7-22-13)15(19)18-6-8-23-14(9-18)16(20)21/h2-5,7,14H,6,8-9H2,1H3,(H,20,21). The Labute approximate surface area is 132 Å². The largest absolute Gasteiger partial charge is 0.479 e. The minimum atomic E-state index is -1.06. The quantitative estimate of drug-likeness (QED) is 0.924. The van der Waals surface area contributed by atoms with Gasteiger partial charge in [0.05, 0.1) is 30.7 Å². The fourth-order valence-electron chi connectivity index (χ4n) is 2.50. The Morgan fingerprint density at radius 2 is 2.17 bits per heavy atom. The van der Waals surface area contributed by atoms with Crippen LogP contribution in [0.25, 0.3) is 11.5 Å². The number of amides is 1. The molecule has 1 unspecified atom stereocenters. The van der Waals surface area contributed by atoms with E-state index in [1.165, 1.54) is 4.90 Å². The average Bonchev–Trinajstić information content (AvgIpc) is 3.08. The molecule has 0 bridgehead atoms. The smallest absolute Gasteiger partial charge is 0.334 e. The third-order valence-corrected chi connectivity index (χ3v) is 3.72. The third kappa shape index (κ3) is 3.09. The van der Waals surface area contributed by atoms with Crippen molar-refractivity contribution in [1.29, 1.82) is 0 Å². The zero-order valence-electron chi connectivity index (χ0n) is 12.6. The summed E-state index contributed by atoms with van der Waals surface area (Å²) in [4.78, 5) is 29.5. The highest BCUT2D eigenvalue weighted by atomic mass is 16.5. The maximum absolute atomic E-state index is 12.6. The van der Waals surface area contributed by atoms with Crippen molar-refractivity contribution in [3.63, 3.8) is 0 Å². The number of carbonyl (C=O) groups is 2. The topological polar surface area (TPSA) is 92.9 Å². The highest BCUT2D eigenvalue weighted by molar-refractivity contribution is 5.96. The van der Waals surface area contributed by atoms with E-state index in [9.17, 15) is 9.59 Å². The second-order valence-electron chi connectivity index (χ2n) is 5.26. The van der Waals surface area contributed by atoms with E-state index in [0.29, 0.717) is 29.3 Å². The van der Waals surface area contributed by atoms with E-state index in [2.05, 4.69) is 4.98 Å². The number of aliphatic carboxylic acids is 1. The second kappa shape index (κ2) is 6.21. The number of pyridine rings is 1. The van der Waals surface area contributed by atoms with Crippen LogP contribution in [0.5, 0.6) is 0 Å². The average molecular weight is 316 g/mol. The number of aryl methyl sites for hydroxylation is 1. The number of hydrogen-bond donors (Lipinski definition) is 1. The van der Waals surface area contributed by atoms with Crippen LogP contribution in [0.3, 0.4) is 0 Å². The zero-order valence-corrected chi connectivity index (χ0v) is 12.6. The molecule has 1 aliphatic rings. The summed E-state index contributed by atoms with van der Waals surface area (Å²) in [5.41, 5.74) is 1.67. The molecule has 3 heterocycles. The number of carboxylic acid groups (broad SMARTS) is 1. The summed E-state index contributed by atoms with van der Waals surface area (Å²) in [6.45, 7) is 2.35. The van der Waals surface area contributed by atoms with Crippen molar-refractivity contribution >= 4 is 11.9 Å².